The summed E-state index contributed by atoms with van der Waals surface area (Å²) in [5, 5.41) is 0. The second-order valence-corrected chi connectivity index (χ2v) is 5.16. The van der Waals surface area contributed by atoms with Crippen LogP contribution in [0.15, 0.2) is 28.7 Å². The van der Waals surface area contributed by atoms with Crippen LogP contribution in [0, 0.1) is 0 Å². The van der Waals surface area contributed by atoms with Crippen LogP contribution in [0.2, 0.25) is 0 Å². The number of hydrogen-bond donors (Lipinski definition) is 1. The van der Waals surface area contributed by atoms with Crippen molar-refractivity contribution in [3.63, 3.8) is 0 Å². The predicted octanol–water partition coefficient (Wildman–Crippen LogP) is 4.46. The maximum Gasteiger partial charge on any atom is 0.0210 e. The standard InChI is InChI=1S/C14H22BrN/c1-2-3-4-5-8-12(11-16)13-9-6-7-10-14(13)15/h6-7,9-10,12H,2-5,8,11,16H2,1H3. The van der Waals surface area contributed by atoms with Crippen molar-refractivity contribution in [3.8, 4) is 0 Å². The number of benzene rings is 1. The van der Waals surface area contributed by atoms with Gasteiger partial charge in [-0.1, -0.05) is 66.7 Å². The monoisotopic (exact) mass is 283 g/mol. The number of nitrogens with two attached hydrogens (primary N) is 1. The minimum Gasteiger partial charge on any atom is -0.330 e. The van der Waals surface area contributed by atoms with E-state index < -0.39 is 0 Å². The fraction of sp³-hybridized carbons (Fsp3) is 0.571. The Labute approximate surface area is 108 Å². The molecular weight excluding hydrogens is 262 g/mol. The first-order valence-corrected chi connectivity index (χ1v) is 7.03. The molecule has 0 aliphatic heterocycles. The molecule has 0 fully saturated rings. The van der Waals surface area contributed by atoms with Crippen molar-refractivity contribution in [2.45, 2.75) is 44.9 Å². The Kier molecular flexibility index (Phi) is 6.74. The van der Waals surface area contributed by atoms with E-state index in [-0.39, 0.29) is 0 Å². The van der Waals surface area contributed by atoms with E-state index >= 15 is 0 Å². The molecule has 0 aromatic heterocycles. The SMILES string of the molecule is CCCCCCC(CN)c1ccccc1Br. The van der Waals surface area contributed by atoms with Gasteiger partial charge in [0, 0.05) is 4.47 Å². The van der Waals surface area contributed by atoms with Crippen LogP contribution in [0.3, 0.4) is 0 Å². The number of hydrogen-bond acceptors (Lipinski definition) is 1. The van der Waals surface area contributed by atoms with Crippen LogP contribution in [0.5, 0.6) is 0 Å². The van der Waals surface area contributed by atoms with Gasteiger partial charge >= 0.3 is 0 Å². The molecule has 0 spiro atoms. The van der Waals surface area contributed by atoms with Crippen LogP contribution in [0.1, 0.15) is 50.5 Å². The van der Waals surface area contributed by atoms with E-state index in [9.17, 15) is 0 Å². The molecule has 0 aliphatic rings. The zero-order chi connectivity index (χ0) is 11.8. The minimum atomic E-state index is 0.507. The average molecular weight is 284 g/mol. The summed E-state index contributed by atoms with van der Waals surface area (Å²) in [5.41, 5.74) is 7.23. The number of halogens is 1. The molecular formula is C14H22BrN. The average Bonchev–Trinajstić information content (AvgIpc) is 2.31. The van der Waals surface area contributed by atoms with Gasteiger partial charge in [-0.2, -0.15) is 0 Å². The van der Waals surface area contributed by atoms with Crippen molar-refractivity contribution in [2.75, 3.05) is 6.54 Å². The molecule has 90 valence electrons. The highest BCUT2D eigenvalue weighted by atomic mass is 79.9. The van der Waals surface area contributed by atoms with E-state index in [0.29, 0.717) is 5.92 Å². The Morgan fingerprint density at radius 2 is 1.94 bits per heavy atom. The van der Waals surface area contributed by atoms with Crippen LogP contribution >= 0.6 is 15.9 Å². The van der Waals surface area contributed by atoms with Crippen molar-refractivity contribution < 1.29 is 0 Å². The predicted molar refractivity (Wildman–Crippen MR) is 74.7 cm³/mol. The maximum absolute atomic E-state index is 5.87. The smallest absolute Gasteiger partial charge is 0.0210 e. The Morgan fingerprint density at radius 1 is 1.19 bits per heavy atom. The Balaban J connectivity index is 2.51. The molecule has 0 heterocycles. The molecule has 1 atom stereocenters. The van der Waals surface area contributed by atoms with Gasteiger partial charge in [0.2, 0.25) is 0 Å². The molecule has 0 radical (unpaired) electrons. The molecule has 0 amide bonds. The summed E-state index contributed by atoms with van der Waals surface area (Å²) in [6.07, 6.45) is 6.46. The highest BCUT2D eigenvalue weighted by Gasteiger charge is 2.11. The first-order chi connectivity index (χ1) is 7.79. The largest absolute Gasteiger partial charge is 0.330 e. The van der Waals surface area contributed by atoms with Gasteiger partial charge in [-0.15, -0.1) is 0 Å². The van der Waals surface area contributed by atoms with Crippen LogP contribution < -0.4 is 5.73 Å². The fourth-order valence-corrected chi connectivity index (χ4v) is 2.63. The third kappa shape index (κ3) is 4.26. The summed E-state index contributed by atoms with van der Waals surface area (Å²) in [7, 11) is 0. The topological polar surface area (TPSA) is 26.0 Å². The van der Waals surface area contributed by atoms with E-state index in [1.54, 1.807) is 0 Å². The van der Waals surface area contributed by atoms with Gasteiger partial charge in [0.25, 0.3) is 0 Å². The Bertz CT molecular complexity index is 299. The van der Waals surface area contributed by atoms with Crippen LogP contribution in [-0.4, -0.2) is 6.54 Å². The molecule has 2 N–H and O–H groups in total. The number of unbranched alkanes of at least 4 members (excludes halogenated alkanes) is 3. The molecule has 0 bridgehead atoms. The van der Waals surface area contributed by atoms with Gasteiger partial charge in [0.1, 0.15) is 0 Å². The third-order valence-corrected chi connectivity index (χ3v) is 3.76. The highest BCUT2D eigenvalue weighted by Crippen LogP contribution is 2.28. The van der Waals surface area contributed by atoms with Gasteiger partial charge in [-0.3, -0.25) is 0 Å². The minimum absolute atomic E-state index is 0.507. The van der Waals surface area contributed by atoms with E-state index in [1.165, 1.54) is 42.1 Å². The maximum atomic E-state index is 5.87. The lowest BCUT2D eigenvalue weighted by Crippen LogP contribution is -2.13. The zero-order valence-corrected chi connectivity index (χ0v) is 11.7. The summed E-state index contributed by atoms with van der Waals surface area (Å²) in [6.45, 7) is 2.99. The zero-order valence-electron chi connectivity index (χ0n) is 10.1. The van der Waals surface area contributed by atoms with E-state index in [2.05, 4.69) is 47.1 Å². The number of rotatable bonds is 7. The molecule has 1 rings (SSSR count). The molecule has 0 aliphatic carbocycles. The molecule has 1 unspecified atom stereocenters. The normalized spacial score (nSPS) is 12.7. The van der Waals surface area contributed by atoms with Crippen molar-refractivity contribution in [1.29, 1.82) is 0 Å². The highest BCUT2D eigenvalue weighted by molar-refractivity contribution is 9.10. The summed E-state index contributed by atoms with van der Waals surface area (Å²) in [6, 6.07) is 8.43. The quantitative estimate of drug-likeness (QED) is 0.735. The summed E-state index contributed by atoms with van der Waals surface area (Å²) in [5.74, 6) is 0.507. The van der Waals surface area contributed by atoms with Crippen LogP contribution in [-0.2, 0) is 0 Å². The summed E-state index contributed by atoms with van der Waals surface area (Å²) >= 11 is 3.60. The second kappa shape index (κ2) is 7.86. The molecule has 2 heteroatoms. The molecule has 0 saturated carbocycles. The molecule has 16 heavy (non-hydrogen) atoms. The van der Waals surface area contributed by atoms with Crippen molar-refractivity contribution in [2.24, 2.45) is 5.73 Å². The van der Waals surface area contributed by atoms with Gasteiger partial charge in [-0.05, 0) is 30.5 Å². The van der Waals surface area contributed by atoms with Crippen LogP contribution in [0.4, 0.5) is 0 Å². The molecule has 1 aromatic rings. The van der Waals surface area contributed by atoms with E-state index in [1.807, 2.05) is 0 Å². The lowest BCUT2D eigenvalue weighted by Gasteiger charge is -2.16. The van der Waals surface area contributed by atoms with Crippen LogP contribution in [0.25, 0.3) is 0 Å². The molecule has 0 saturated heterocycles. The van der Waals surface area contributed by atoms with Gasteiger partial charge < -0.3 is 5.73 Å². The van der Waals surface area contributed by atoms with E-state index in [4.69, 9.17) is 5.73 Å². The van der Waals surface area contributed by atoms with E-state index in [0.717, 1.165) is 6.54 Å². The Morgan fingerprint density at radius 3 is 2.56 bits per heavy atom. The first-order valence-electron chi connectivity index (χ1n) is 6.24. The van der Waals surface area contributed by atoms with Crippen molar-refractivity contribution >= 4 is 15.9 Å². The van der Waals surface area contributed by atoms with Crippen molar-refractivity contribution in [1.82, 2.24) is 0 Å². The van der Waals surface area contributed by atoms with Gasteiger partial charge in [-0.25, -0.2) is 0 Å². The lowest BCUT2D eigenvalue weighted by molar-refractivity contribution is 0.558. The first kappa shape index (κ1) is 13.7. The van der Waals surface area contributed by atoms with Crippen molar-refractivity contribution in [3.05, 3.63) is 34.3 Å². The van der Waals surface area contributed by atoms with Gasteiger partial charge in [0.05, 0.1) is 0 Å². The van der Waals surface area contributed by atoms with Gasteiger partial charge in [0.15, 0.2) is 0 Å². The third-order valence-electron chi connectivity index (χ3n) is 3.04. The summed E-state index contributed by atoms with van der Waals surface area (Å²) < 4.78 is 1.20. The molecule has 1 nitrogen and oxygen atoms in total. The Hall–Kier alpha value is -0.340. The molecule has 1 aromatic carbocycles. The second-order valence-electron chi connectivity index (χ2n) is 4.30. The lowest BCUT2D eigenvalue weighted by atomic mass is 9.93. The summed E-state index contributed by atoms with van der Waals surface area (Å²) in [4.78, 5) is 0. The fourth-order valence-electron chi connectivity index (χ4n) is 2.02.